The van der Waals surface area contributed by atoms with E-state index >= 15 is 0 Å². The Bertz CT molecular complexity index is 538. The van der Waals surface area contributed by atoms with Crippen LogP contribution < -0.4 is 0 Å². The molecule has 19 heavy (non-hydrogen) atoms. The van der Waals surface area contributed by atoms with Crippen molar-refractivity contribution in [2.24, 2.45) is 0 Å². The van der Waals surface area contributed by atoms with Gasteiger partial charge < -0.3 is 10.0 Å². The number of hydrogen-bond acceptors (Lipinski definition) is 3. The van der Waals surface area contributed by atoms with Crippen LogP contribution in [-0.4, -0.2) is 40.3 Å². The lowest BCUT2D eigenvalue weighted by Gasteiger charge is -2.32. The van der Waals surface area contributed by atoms with E-state index in [-0.39, 0.29) is 25.2 Å². The standard InChI is InChI=1S/C14H15NO4/c1-9-4-2-3-5-11(9)13(17)15-8-10(16)6-7-12(15)14(18)19/h2-5,12H,6-8H2,1H3,(H,18,19). The van der Waals surface area contributed by atoms with E-state index < -0.39 is 17.9 Å². The number of ketones is 1. The Balaban J connectivity index is 2.32. The molecule has 0 bridgehead atoms. The van der Waals surface area contributed by atoms with Crippen molar-refractivity contribution in [2.75, 3.05) is 6.54 Å². The second kappa shape index (κ2) is 5.22. The number of carbonyl (C=O) groups is 3. The van der Waals surface area contributed by atoms with E-state index in [1.165, 1.54) is 0 Å². The van der Waals surface area contributed by atoms with Crippen LogP contribution in [0.4, 0.5) is 0 Å². The van der Waals surface area contributed by atoms with Crippen molar-refractivity contribution in [3.63, 3.8) is 0 Å². The molecule has 1 saturated heterocycles. The van der Waals surface area contributed by atoms with Crippen LogP contribution in [0, 0.1) is 6.92 Å². The zero-order valence-electron chi connectivity index (χ0n) is 10.6. The Hall–Kier alpha value is -2.17. The number of carboxylic acid groups (broad SMARTS) is 1. The molecular formula is C14H15NO4. The minimum absolute atomic E-state index is 0.0977. The van der Waals surface area contributed by atoms with Gasteiger partial charge in [-0.05, 0) is 25.0 Å². The van der Waals surface area contributed by atoms with E-state index in [1.54, 1.807) is 25.1 Å². The van der Waals surface area contributed by atoms with Gasteiger partial charge in [0.25, 0.3) is 5.91 Å². The summed E-state index contributed by atoms with van der Waals surface area (Å²) in [5.41, 5.74) is 1.22. The van der Waals surface area contributed by atoms with Crippen molar-refractivity contribution in [3.05, 3.63) is 35.4 Å². The van der Waals surface area contributed by atoms with Crippen LogP contribution in [0.3, 0.4) is 0 Å². The maximum absolute atomic E-state index is 12.4. The lowest BCUT2D eigenvalue weighted by Crippen LogP contribution is -2.51. The van der Waals surface area contributed by atoms with E-state index in [0.29, 0.717) is 5.56 Å². The van der Waals surface area contributed by atoms with Gasteiger partial charge in [0, 0.05) is 12.0 Å². The average molecular weight is 261 g/mol. The fourth-order valence-corrected chi connectivity index (χ4v) is 2.27. The molecule has 1 unspecified atom stereocenters. The van der Waals surface area contributed by atoms with Crippen LogP contribution in [0.15, 0.2) is 24.3 Å². The highest BCUT2D eigenvalue weighted by Crippen LogP contribution is 2.19. The van der Waals surface area contributed by atoms with E-state index in [1.807, 2.05) is 6.07 Å². The van der Waals surface area contributed by atoms with Gasteiger partial charge in [-0.1, -0.05) is 18.2 Å². The molecule has 5 nitrogen and oxygen atoms in total. The number of Topliss-reactive ketones (excluding diaryl/α,β-unsaturated/α-hetero) is 1. The third kappa shape index (κ3) is 2.65. The molecule has 0 aromatic heterocycles. The number of amides is 1. The number of benzene rings is 1. The molecule has 1 heterocycles. The zero-order valence-corrected chi connectivity index (χ0v) is 10.6. The fourth-order valence-electron chi connectivity index (χ4n) is 2.27. The normalized spacial score (nSPS) is 19.3. The smallest absolute Gasteiger partial charge is 0.326 e. The van der Waals surface area contributed by atoms with Gasteiger partial charge in [0.05, 0.1) is 6.54 Å². The molecule has 1 N–H and O–H groups in total. The zero-order chi connectivity index (χ0) is 14.0. The Labute approximate surface area is 110 Å². The molecule has 0 aliphatic carbocycles. The molecule has 0 spiro atoms. The highest BCUT2D eigenvalue weighted by Gasteiger charge is 2.35. The SMILES string of the molecule is Cc1ccccc1C(=O)N1CC(=O)CCC1C(=O)O. The van der Waals surface area contributed by atoms with Gasteiger partial charge >= 0.3 is 5.97 Å². The predicted molar refractivity (Wildman–Crippen MR) is 67.9 cm³/mol. The van der Waals surface area contributed by atoms with E-state index in [4.69, 9.17) is 5.11 Å². The average Bonchev–Trinajstić information content (AvgIpc) is 2.38. The lowest BCUT2D eigenvalue weighted by molar-refractivity contribution is -0.144. The first kappa shape index (κ1) is 13.3. The number of carbonyl (C=O) groups excluding carboxylic acids is 2. The lowest BCUT2D eigenvalue weighted by atomic mass is 9.99. The highest BCUT2D eigenvalue weighted by molar-refractivity contribution is 6.01. The summed E-state index contributed by atoms with van der Waals surface area (Å²) in [7, 11) is 0. The molecule has 1 aromatic rings. The number of aryl methyl sites for hydroxylation is 1. The van der Waals surface area contributed by atoms with Crippen molar-refractivity contribution in [1.29, 1.82) is 0 Å². The number of aliphatic carboxylic acids is 1. The molecule has 0 saturated carbocycles. The monoisotopic (exact) mass is 261 g/mol. The number of likely N-dealkylation sites (tertiary alicyclic amines) is 1. The van der Waals surface area contributed by atoms with Crippen molar-refractivity contribution in [3.8, 4) is 0 Å². The molecule has 1 amide bonds. The fraction of sp³-hybridized carbons (Fsp3) is 0.357. The molecule has 1 aliphatic rings. The van der Waals surface area contributed by atoms with Gasteiger partial charge in [-0.2, -0.15) is 0 Å². The topological polar surface area (TPSA) is 74.7 Å². The summed E-state index contributed by atoms with van der Waals surface area (Å²) >= 11 is 0. The van der Waals surface area contributed by atoms with Gasteiger partial charge in [0.1, 0.15) is 6.04 Å². The summed E-state index contributed by atoms with van der Waals surface area (Å²) in [6, 6.07) is 6.05. The van der Waals surface area contributed by atoms with Crippen LogP contribution in [0.25, 0.3) is 0 Å². The van der Waals surface area contributed by atoms with Crippen molar-refractivity contribution in [2.45, 2.75) is 25.8 Å². The van der Waals surface area contributed by atoms with Gasteiger partial charge in [0.15, 0.2) is 5.78 Å². The number of hydrogen-bond donors (Lipinski definition) is 1. The first-order chi connectivity index (χ1) is 9.00. The number of rotatable bonds is 2. The minimum atomic E-state index is -1.06. The molecule has 5 heteroatoms. The van der Waals surface area contributed by atoms with Crippen molar-refractivity contribution < 1.29 is 19.5 Å². The highest BCUT2D eigenvalue weighted by atomic mass is 16.4. The largest absolute Gasteiger partial charge is 0.480 e. The Kier molecular flexibility index (Phi) is 3.64. The maximum Gasteiger partial charge on any atom is 0.326 e. The third-order valence-electron chi connectivity index (χ3n) is 3.34. The van der Waals surface area contributed by atoms with Gasteiger partial charge in [-0.3, -0.25) is 9.59 Å². The van der Waals surface area contributed by atoms with E-state index in [9.17, 15) is 14.4 Å². The van der Waals surface area contributed by atoms with Gasteiger partial charge in [-0.25, -0.2) is 4.79 Å². The van der Waals surface area contributed by atoms with E-state index in [0.717, 1.165) is 10.5 Å². The maximum atomic E-state index is 12.4. The number of carboxylic acids is 1. The molecule has 1 aliphatic heterocycles. The quantitative estimate of drug-likeness (QED) is 0.869. The van der Waals surface area contributed by atoms with Crippen LogP contribution in [0.5, 0.6) is 0 Å². The molecular weight excluding hydrogens is 246 g/mol. The molecule has 0 radical (unpaired) electrons. The van der Waals surface area contributed by atoms with Gasteiger partial charge in [0.2, 0.25) is 0 Å². The van der Waals surface area contributed by atoms with Crippen LogP contribution in [0.2, 0.25) is 0 Å². The summed E-state index contributed by atoms with van der Waals surface area (Å²) in [5, 5.41) is 9.15. The first-order valence-corrected chi connectivity index (χ1v) is 6.12. The summed E-state index contributed by atoms with van der Waals surface area (Å²) < 4.78 is 0. The summed E-state index contributed by atoms with van der Waals surface area (Å²) in [5.74, 6) is -1.55. The third-order valence-corrected chi connectivity index (χ3v) is 3.34. The molecule has 100 valence electrons. The van der Waals surface area contributed by atoms with Gasteiger partial charge in [-0.15, -0.1) is 0 Å². The molecule has 2 rings (SSSR count). The second-order valence-electron chi connectivity index (χ2n) is 4.68. The summed E-state index contributed by atoms with van der Waals surface area (Å²) in [4.78, 5) is 36.2. The number of piperidine rings is 1. The Morgan fingerprint density at radius 1 is 1.32 bits per heavy atom. The Morgan fingerprint density at radius 2 is 2.00 bits per heavy atom. The van der Waals surface area contributed by atoms with Crippen LogP contribution >= 0.6 is 0 Å². The first-order valence-electron chi connectivity index (χ1n) is 6.12. The second-order valence-corrected chi connectivity index (χ2v) is 4.68. The van der Waals surface area contributed by atoms with Crippen molar-refractivity contribution >= 4 is 17.7 Å². The molecule has 1 atom stereocenters. The van der Waals surface area contributed by atoms with E-state index in [2.05, 4.69) is 0 Å². The summed E-state index contributed by atoms with van der Waals surface area (Å²) in [6.45, 7) is 1.67. The molecule has 1 aromatic carbocycles. The summed E-state index contributed by atoms with van der Waals surface area (Å²) in [6.07, 6.45) is 0.403. The number of nitrogens with zero attached hydrogens (tertiary/aromatic N) is 1. The minimum Gasteiger partial charge on any atom is -0.480 e. The van der Waals surface area contributed by atoms with Crippen molar-refractivity contribution in [1.82, 2.24) is 4.90 Å². The predicted octanol–water partition coefficient (Wildman–Crippen LogP) is 1.25. The Morgan fingerprint density at radius 3 is 2.63 bits per heavy atom. The van der Waals surface area contributed by atoms with Crippen LogP contribution in [0.1, 0.15) is 28.8 Å². The molecule has 1 fully saturated rings. The van der Waals surface area contributed by atoms with Crippen LogP contribution in [-0.2, 0) is 9.59 Å².